The number of nitrogens with one attached hydrogen (secondary N) is 2. The SMILES string of the molecule is CCCCC(=O)NN=Cc1c(O)n(-c2cccc(C)c2)c(=S)[nH]c1=O. The van der Waals surface area contributed by atoms with Gasteiger partial charge in [0, 0.05) is 6.42 Å². The van der Waals surface area contributed by atoms with E-state index >= 15 is 0 Å². The number of carbonyl (C=O) groups is 1. The first-order valence-electron chi connectivity index (χ1n) is 7.91. The van der Waals surface area contributed by atoms with Crippen molar-refractivity contribution in [2.24, 2.45) is 5.10 Å². The van der Waals surface area contributed by atoms with Gasteiger partial charge < -0.3 is 5.11 Å². The highest BCUT2D eigenvalue weighted by molar-refractivity contribution is 7.71. The van der Waals surface area contributed by atoms with E-state index in [0.717, 1.165) is 24.6 Å². The van der Waals surface area contributed by atoms with Gasteiger partial charge >= 0.3 is 0 Å². The van der Waals surface area contributed by atoms with Crippen LogP contribution in [0.4, 0.5) is 0 Å². The predicted molar refractivity (Wildman–Crippen MR) is 98.9 cm³/mol. The van der Waals surface area contributed by atoms with Gasteiger partial charge in [0.2, 0.25) is 11.8 Å². The van der Waals surface area contributed by atoms with Crippen LogP contribution in [0.3, 0.4) is 0 Å². The van der Waals surface area contributed by atoms with Crippen LogP contribution in [-0.2, 0) is 4.79 Å². The number of aromatic hydroxyl groups is 1. The number of amides is 1. The molecule has 132 valence electrons. The summed E-state index contributed by atoms with van der Waals surface area (Å²) in [7, 11) is 0. The van der Waals surface area contributed by atoms with Crippen molar-refractivity contribution in [3.05, 3.63) is 50.5 Å². The van der Waals surface area contributed by atoms with Crippen LogP contribution in [0.25, 0.3) is 5.69 Å². The van der Waals surface area contributed by atoms with E-state index in [0.29, 0.717) is 12.1 Å². The van der Waals surface area contributed by atoms with Gasteiger partial charge in [-0.15, -0.1) is 0 Å². The number of nitrogens with zero attached hydrogens (tertiary/aromatic N) is 2. The Morgan fingerprint density at radius 2 is 2.24 bits per heavy atom. The van der Waals surface area contributed by atoms with Crippen molar-refractivity contribution in [3.63, 3.8) is 0 Å². The molecule has 0 unspecified atom stereocenters. The third-order valence-electron chi connectivity index (χ3n) is 3.52. The van der Waals surface area contributed by atoms with E-state index in [-0.39, 0.29) is 22.1 Å². The lowest BCUT2D eigenvalue weighted by Crippen LogP contribution is -2.21. The Morgan fingerprint density at radius 3 is 2.92 bits per heavy atom. The minimum absolute atomic E-state index is 0.0669. The topological polar surface area (TPSA) is 99.5 Å². The van der Waals surface area contributed by atoms with Crippen LogP contribution in [0.2, 0.25) is 0 Å². The molecule has 1 aromatic carbocycles. The van der Waals surface area contributed by atoms with Gasteiger partial charge in [-0.25, -0.2) is 5.43 Å². The van der Waals surface area contributed by atoms with Gasteiger partial charge in [0.1, 0.15) is 5.56 Å². The van der Waals surface area contributed by atoms with Crippen LogP contribution >= 0.6 is 12.2 Å². The molecule has 0 bridgehead atoms. The van der Waals surface area contributed by atoms with E-state index in [2.05, 4.69) is 15.5 Å². The molecule has 0 fully saturated rings. The van der Waals surface area contributed by atoms with Crippen LogP contribution in [0.1, 0.15) is 37.3 Å². The molecule has 2 aromatic rings. The maximum absolute atomic E-state index is 12.1. The zero-order valence-electron chi connectivity index (χ0n) is 14.1. The van der Waals surface area contributed by atoms with Crippen molar-refractivity contribution in [3.8, 4) is 11.6 Å². The number of hydrogen-bond acceptors (Lipinski definition) is 5. The van der Waals surface area contributed by atoms with E-state index in [4.69, 9.17) is 12.2 Å². The Morgan fingerprint density at radius 1 is 1.48 bits per heavy atom. The second-order valence-electron chi connectivity index (χ2n) is 5.57. The molecule has 0 aliphatic heterocycles. The van der Waals surface area contributed by atoms with Crippen molar-refractivity contribution in [1.82, 2.24) is 15.0 Å². The average Bonchev–Trinajstić information content (AvgIpc) is 2.55. The predicted octanol–water partition coefficient (Wildman–Crippen LogP) is 2.55. The summed E-state index contributed by atoms with van der Waals surface area (Å²) >= 11 is 5.15. The van der Waals surface area contributed by atoms with Crippen LogP contribution in [0.5, 0.6) is 5.88 Å². The minimum Gasteiger partial charge on any atom is -0.494 e. The number of benzene rings is 1. The summed E-state index contributed by atoms with van der Waals surface area (Å²) in [5.41, 5.74) is 3.24. The average molecular weight is 360 g/mol. The Bertz CT molecular complexity index is 915. The molecule has 1 aromatic heterocycles. The number of carbonyl (C=O) groups excluding carboxylic acids is 1. The van der Waals surface area contributed by atoms with E-state index < -0.39 is 5.56 Å². The van der Waals surface area contributed by atoms with E-state index in [1.165, 1.54) is 4.57 Å². The van der Waals surface area contributed by atoms with Gasteiger partial charge in [-0.05, 0) is 43.3 Å². The summed E-state index contributed by atoms with van der Waals surface area (Å²) in [6.45, 7) is 3.89. The molecule has 0 aliphatic rings. The molecule has 0 aliphatic carbocycles. The fourth-order valence-corrected chi connectivity index (χ4v) is 2.51. The normalized spacial score (nSPS) is 11.0. The third kappa shape index (κ3) is 4.63. The van der Waals surface area contributed by atoms with Gasteiger partial charge in [0.15, 0.2) is 4.77 Å². The third-order valence-corrected chi connectivity index (χ3v) is 3.81. The highest BCUT2D eigenvalue weighted by Gasteiger charge is 2.12. The molecule has 0 radical (unpaired) electrons. The zero-order chi connectivity index (χ0) is 18.4. The van der Waals surface area contributed by atoms with Gasteiger partial charge in [0.05, 0.1) is 11.9 Å². The summed E-state index contributed by atoms with van der Waals surface area (Å²) in [5, 5.41) is 14.2. The second kappa shape index (κ2) is 8.39. The number of aryl methyl sites for hydroxylation is 1. The molecular weight excluding hydrogens is 340 g/mol. The Hall–Kier alpha value is -2.74. The molecule has 3 N–H and O–H groups in total. The van der Waals surface area contributed by atoms with Gasteiger partial charge in [-0.3, -0.25) is 19.1 Å². The number of unbranched alkanes of at least 4 members (excludes halogenated alkanes) is 1. The molecule has 0 spiro atoms. The van der Waals surface area contributed by atoms with Crippen molar-refractivity contribution >= 4 is 24.3 Å². The summed E-state index contributed by atoms with van der Waals surface area (Å²) in [6.07, 6.45) is 3.11. The molecule has 2 rings (SSSR count). The molecule has 1 heterocycles. The summed E-state index contributed by atoms with van der Waals surface area (Å²) in [6, 6.07) is 7.30. The first kappa shape index (κ1) is 18.6. The highest BCUT2D eigenvalue weighted by atomic mass is 32.1. The molecule has 1 amide bonds. The van der Waals surface area contributed by atoms with Crippen LogP contribution in [0.15, 0.2) is 34.2 Å². The molecule has 7 nitrogen and oxygen atoms in total. The second-order valence-corrected chi connectivity index (χ2v) is 5.95. The van der Waals surface area contributed by atoms with Gasteiger partial charge in [-0.2, -0.15) is 5.10 Å². The molecule has 25 heavy (non-hydrogen) atoms. The van der Waals surface area contributed by atoms with Crippen LogP contribution in [-0.4, -0.2) is 26.8 Å². The first-order valence-corrected chi connectivity index (χ1v) is 8.32. The number of H-pyrrole nitrogens is 1. The molecule has 0 saturated carbocycles. The Labute approximate surface area is 150 Å². The largest absolute Gasteiger partial charge is 0.494 e. The lowest BCUT2D eigenvalue weighted by molar-refractivity contribution is -0.121. The number of hydrazone groups is 1. The number of rotatable bonds is 6. The molecule has 8 heteroatoms. The number of aromatic amines is 1. The van der Waals surface area contributed by atoms with Crippen LogP contribution in [0, 0.1) is 11.7 Å². The maximum atomic E-state index is 12.1. The van der Waals surface area contributed by atoms with E-state index in [1.54, 1.807) is 6.07 Å². The zero-order valence-corrected chi connectivity index (χ0v) is 14.9. The highest BCUT2D eigenvalue weighted by Crippen LogP contribution is 2.19. The van der Waals surface area contributed by atoms with Crippen LogP contribution < -0.4 is 11.0 Å². The molecule has 0 saturated heterocycles. The number of hydrogen-bond donors (Lipinski definition) is 3. The molecule has 0 atom stereocenters. The van der Waals surface area contributed by atoms with Crippen molar-refractivity contribution < 1.29 is 9.90 Å². The fourth-order valence-electron chi connectivity index (χ4n) is 2.22. The Balaban J connectivity index is 2.37. The van der Waals surface area contributed by atoms with E-state index in [9.17, 15) is 14.7 Å². The first-order chi connectivity index (χ1) is 11.9. The minimum atomic E-state index is -0.585. The summed E-state index contributed by atoms with van der Waals surface area (Å²) < 4.78 is 1.40. The Kier molecular flexibility index (Phi) is 6.24. The smallest absolute Gasteiger partial charge is 0.264 e. The monoisotopic (exact) mass is 360 g/mol. The maximum Gasteiger partial charge on any atom is 0.264 e. The standard InChI is InChI=1S/C17H20N4O3S/c1-3-4-8-14(22)20-18-10-13-15(23)19-17(25)21(16(13)24)12-7-5-6-11(2)9-12/h5-7,9-10,24H,3-4,8H2,1-2H3,(H,20,22)(H,19,23,25). The van der Waals surface area contributed by atoms with E-state index in [1.807, 2.05) is 32.0 Å². The summed E-state index contributed by atoms with van der Waals surface area (Å²) in [5.74, 6) is -0.591. The van der Waals surface area contributed by atoms with Crippen molar-refractivity contribution in [2.75, 3.05) is 0 Å². The van der Waals surface area contributed by atoms with Crippen molar-refractivity contribution in [1.29, 1.82) is 0 Å². The van der Waals surface area contributed by atoms with Gasteiger partial charge in [0.25, 0.3) is 5.56 Å². The lowest BCUT2D eigenvalue weighted by atomic mass is 10.2. The quantitative estimate of drug-likeness (QED) is 0.419. The van der Waals surface area contributed by atoms with Gasteiger partial charge in [-0.1, -0.05) is 25.5 Å². The fraction of sp³-hybridized carbons (Fsp3) is 0.294. The lowest BCUT2D eigenvalue weighted by Gasteiger charge is -2.11. The number of aromatic nitrogens is 2. The van der Waals surface area contributed by atoms with Crippen molar-refractivity contribution in [2.45, 2.75) is 33.1 Å². The molecular formula is C17H20N4O3S. The summed E-state index contributed by atoms with van der Waals surface area (Å²) in [4.78, 5) is 26.1.